The molecule has 0 aliphatic carbocycles. The highest BCUT2D eigenvalue weighted by molar-refractivity contribution is 6.15. The molecule has 0 saturated heterocycles. The first-order valence-corrected chi connectivity index (χ1v) is 7.49. The Morgan fingerprint density at radius 3 is 0.962 bits per heavy atom. The maximum absolute atomic E-state index is 10.8. The fourth-order valence-electron chi connectivity index (χ4n) is 2.07. The summed E-state index contributed by atoms with van der Waals surface area (Å²) in [6.07, 6.45) is 0. The number of hydrogen-bond acceptors (Lipinski definition) is 7. The number of rotatable bonds is 0. The minimum absolute atomic E-state index is 0.167. The minimum atomic E-state index is -0.550. The van der Waals surface area contributed by atoms with Gasteiger partial charge in [-0.05, 0) is 38.1 Å². The van der Waals surface area contributed by atoms with E-state index in [-0.39, 0.29) is 5.78 Å². The molecule has 0 spiro atoms. The van der Waals surface area contributed by atoms with Crippen LogP contribution in [0.1, 0.15) is 55.3 Å². The molecular weight excluding hydrogens is 340 g/mol. The van der Waals surface area contributed by atoms with E-state index in [0.29, 0.717) is 22.3 Å². The highest BCUT2D eigenvalue weighted by Gasteiger charge is 2.29. The lowest BCUT2D eigenvalue weighted by Gasteiger charge is -1.86. The second-order valence-corrected chi connectivity index (χ2v) is 5.35. The number of hydrogen-bond donors (Lipinski definition) is 0. The van der Waals surface area contributed by atoms with Gasteiger partial charge in [0.1, 0.15) is 5.78 Å². The van der Waals surface area contributed by atoms with Gasteiger partial charge in [-0.25, -0.2) is 19.2 Å². The Bertz CT molecular complexity index is 772. The van der Waals surface area contributed by atoms with Crippen LogP contribution in [0.2, 0.25) is 0 Å². The summed E-state index contributed by atoms with van der Waals surface area (Å²) in [5.41, 5.74) is 1.44. The van der Waals surface area contributed by atoms with Crippen LogP contribution in [0.15, 0.2) is 48.5 Å². The fraction of sp³-hybridized carbons (Fsp3) is 0.105. The second kappa shape index (κ2) is 7.98. The van der Waals surface area contributed by atoms with Crippen molar-refractivity contribution >= 4 is 29.7 Å². The lowest BCUT2D eigenvalue weighted by molar-refractivity contribution is -0.115. The molecule has 0 saturated carbocycles. The Balaban J connectivity index is 0.000000156. The van der Waals surface area contributed by atoms with E-state index in [1.165, 1.54) is 13.8 Å². The normalized spacial score (nSPS) is 13.3. The van der Waals surface area contributed by atoms with Crippen molar-refractivity contribution in [2.45, 2.75) is 13.8 Å². The van der Waals surface area contributed by atoms with Crippen LogP contribution in [0.3, 0.4) is 0 Å². The fourth-order valence-corrected chi connectivity index (χ4v) is 2.07. The summed E-state index contributed by atoms with van der Waals surface area (Å²) in [6.45, 7) is 3.06. The SMILES string of the molecule is CC(C)=O.O=C1OC(=O)c2ccccc21.O=C1OC(=O)c2ccccc21. The number of fused-ring (bicyclic) bond motifs is 2. The Morgan fingerprint density at radius 1 is 0.577 bits per heavy atom. The summed E-state index contributed by atoms with van der Waals surface area (Å²) in [7, 11) is 0. The van der Waals surface area contributed by atoms with Gasteiger partial charge in [-0.15, -0.1) is 0 Å². The third kappa shape index (κ3) is 4.27. The molecule has 0 atom stereocenters. The lowest BCUT2D eigenvalue weighted by Crippen LogP contribution is -1.96. The van der Waals surface area contributed by atoms with Gasteiger partial charge in [0.25, 0.3) is 0 Å². The van der Waals surface area contributed by atoms with Crippen LogP contribution in [0, 0.1) is 0 Å². The maximum Gasteiger partial charge on any atom is 0.346 e. The van der Waals surface area contributed by atoms with Crippen LogP contribution in [0.5, 0.6) is 0 Å². The average molecular weight is 354 g/mol. The van der Waals surface area contributed by atoms with Gasteiger partial charge in [0, 0.05) is 0 Å². The molecule has 4 rings (SSSR count). The van der Waals surface area contributed by atoms with Crippen LogP contribution in [-0.2, 0) is 14.3 Å². The number of carbonyl (C=O) groups is 5. The summed E-state index contributed by atoms with van der Waals surface area (Å²) in [5.74, 6) is -2.03. The van der Waals surface area contributed by atoms with E-state index in [2.05, 4.69) is 9.47 Å². The molecule has 0 unspecified atom stereocenters. The standard InChI is InChI=1S/2C8H4O3.C3H6O/c2*9-7-5-3-1-2-4-6(5)8(10)11-7;1-3(2)4/h2*1-4H;1-2H3. The number of benzene rings is 2. The average Bonchev–Trinajstić information content (AvgIpc) is 3.05. The van der Waals surface area contributed by atoms with Crippen molar-refractivity contribution in [1.29, 1.82) is 0 Å². The van der Waals surface area contributed by atoms with Crippen molar-refractivity contribution in [1.82, 2.24) is 0 Å². The molecule has 2 aliphatic heterocycles. The molecule has 0 amide bonds. The van der Waals surface area contributed by atoms with Gasteiger partial charge in [0.2, 0.25) is 0 Å². The van der Waals surface area contributed by atoms with Gasteiger partial charge >= 0.3 is 23.9 Å². The molecule has 2 aromatic carbocycles. The van der Waals surface area contributed by atoms with Gasteiger partial charge < -0.3 is 14.3 Å². The largest absolute Gasteiger partial charge is 0.386 e. The van der Waals surface area contributed by atoms with Gasteiger partial charge in [-0.2, -0.15) is 0 Å². The molecule has 2 heterocycles. The molecule has 0 bridgehead atoms. The lowest BCUT2D eigenvalue weighted by atomic mass is 10.1. The maximum atomic E-state index is 10.8. The first kappa shape index (κ1) is 18.7. The Morgan fingerprint density at radius 2 is 0.769 bits per heavy atom. The zero-order valence-electron chi connectivity index (χ0n) is 14.0. The quantitative estimate of drug-likeness (QED) is 0.529. The summed E-state index contributed by atoms with van der Waals surface area (Å²) >= 11 is 0. The van der Waals surface area contributed by atoms with E-state index in [1.54, 1.807) is 48.5 Å². The monoisotopic (exact) mass is 354 g/mol. The van der Waals surface area contributed by atoms with Gasteiger partial charge in [0.15, 0.2) is 0 Å². The number of carbonyl (C=O) groups excluding carboxylic acids is 5. The number of esters is 4. The Labute approximate surface area is 148 Å². The summed E-state index contributed by atoms with van der Waals surface area (Å²) in [4.78, 5) is 52.8. The zero-order chi connectivity index (χ0) is 19.3. The van der Waals surface area contributed by atoms with Crippen LogP contribution < -0.4 is 0 Å². The number of cyclic esters (lactones) is 4. The smallest absolute Gasteiger partial charge is 0.346 e. The second-order valence-electron chi connectivity index (χ2n) is 5.35. The predicted molar refractivity (Wildman–Crippen MR) is 88.7 cm³/mol. The van der Waals surface area contributed by atoms with Gasteiger partial charge in [-0.3, -0.25) is 0 Å². The molecule has 26 heavy (non-hydrogen) atoms. The van der Waals surface area contributed by atoms with Crippen molar-refractivity contribution in [2.24, 2.45) is 0 Å². The van der Waals surface area contributed by atoms with Crippen LogP contribution in [0.4, 0.5) is 0 Å². The first-order chi connectivity index (χ1) is 12.3. The molecule has 2 aromatic rings. The summed E-state index contributed by atoms with van der Waals surface area (Å²) in [6, 6.07) is 13.1. The van der Waals surface area contributed by atoms with E-state index in [9.17, 15) is 24.0 Å². The van der Waals surface area contributed by atoms with E-state index < -0.39 is 23.9 Å². The number of ketones is 1. The van der Waals surface area contributed by atoms with Crippen molar-refractivity contribution in [3.8, 4) is 0 Å². The zero-order valence-corrected chi connectivity index (χ0v) is 14.0. The Kier molecular flexibility index (Phi) is 5.74. The minimum Gasteiger partial charge on any atom is -0.386 e. The van der Waals surface area contributed by atoms with Crippen molar-refractivity contribution in [2.75, 3.05) is 0 Å². The predicted octanol–water partition coefficient (Wildman–Crippen LogP) is 2.59. The van der Waals surface area contributed by atoms with Crippen LogP contribution in [0.25, 0.3) is 0 Å². The molecule has 132 valence electrons. The molecule has 7 nitrogen and oxygen atoms in total. The van der Waals surface area contributed by atoms with Crippen molar-refractivity contribution in [3.63, 3.8) is 0 Å². The van der Waals surface area contributed by atoms with E-state index in [1.807, 2.05) is 0 Å². The van der Waals surface area contributed by atoms with E-state index >= 15 is 0 Å². The molecule has 0 aromatic heterocycles. The Hall–Kier alpha value is -3.61. The first-order valence-electron chi connectivity index (χ1n) is 7.49. The van der Waals surface area contributed by atoms with E-state index in [0.717, 1.165) is 0 Å². The molecule has 7 heteroatoms. The van der Waals surface area contributed by atoms with Crippen molar-refractivity contribution < 1.29 is 33.4 Å². The topological polar surface area (TPSA) is 104 Å². The summed E-state index contributed by atoms with van der Waals surface area (Å²) < 4.78 is 8.71. The molecule has 2 aliphatic rings. The number of Topliss-reactive ketones (excluding diaryl/α,β-unsaturated/α-hetero) is 1. The molecule has 0 radical (unpaired) electrons. The molecular formula is C19H14O7. The highest BCUT2D eigenvalue weighted by Crippen LogP contribution is 2.19. The van der Waals surface area contributed by atoms with Gasteiger partial charge in [0.05, 0.1) is 22.3 Å². The van der Waals surface area contributed by atoms with Crippen molar-refractivity contribution in [3.05, 3.63) is 70.8 Å². The third-order valence-electron chi connectivity index (χ3n) is 3.10. The van der Waals surface area contributed by atoms with E-state index in [4.69, 9.17) is 0 Å². The number of ether oxygens (including phenoxy) is 2. The highest BCUT2D eigenvalue weighted by atomic mass is 16.6. The van der Waals surface area contributed by atoms with Crippen LogP contribution >= 0.6 is 0 Å². The van der Waals surface area contributed by atoms with Crippen LogP contribution in [-0.4, -0.2) is 29.7 Å². The van der Waals surface area contributed by atoms with Gasteiger partial charge in [-0.1, -0.05) is 24.3 Å². The summed E-state index contributed by atoms with van der Waals surface area (Å²) in [5, 5.41) is 0. The molecule has 0 N–H and O–H groups in total. The third-order valence-corrected chi connectivity index (χ3v) is 3.10. The molecule has 0 fully saturated rings.